The molecule has 1 saturated heterocycles. The molecule has 0 aromatic rings. The van der Waals surface area contributed by atoms with Gasteiger partial charge in [0.2, 0.25) is 47.3 Å². The minimum atomic E-state index is -1.72. The standard InChI is InChI=1S/C51H90N8O12/c1-12-14-15-16-17-18-19-20-21-34-27-41(61)53-35(22-23-40(52)60)45(64)54-36(24-29(3)4)46(65)55-37(25-30(5)6)48(67)58-43(32(9)10)50(69)57-39(28-42(62)63)47(66)56-38(26-31(7)8)49(68)59-44(33(11)13-2)51(70)71-34/h29-39,43-44H,12-28H2,1-11H3,(H2,52,60)(H,53,61)(H,54,64)(H,55,65)(H,56,66)(H,57,69)(H,58,67)(H,59,68)(H,62,63). The second-order valence-corrected chi connectivity index (χ2v) is 21.0. The third-order valence-electron chi connectivity index (χ3n) is 12.5. The molecule has 0 aromatic heterocycles. The Labute approximate surface area is 422 Å². The Kier molecular flexibility index (Phi) is 29.9. The minimum absolute atomic E-state index is 0.0466. The molecule has 0 aromatic carbocycles. The fraction of sp³-hybridized carbons (Fsp3) is 0.804. The summed E-state index contributed by atoms with van der Waals surface area (Å²) in [5, 5.41) is 28.4. The number of carbonyl (C=O) groups is 10. The lowest BCUT2D eigenvalue weighted by atomic mass is 9.97. The molecule has 0 saturated carbocycles. The molecule has 9 atom stereocenters. The third kappa shape index (κ3) is 25.6. The van der Waals surface area contributed by atoms with Crippen LogP contribution in [0, 0.1) is 29.6 Å². The molecule has 10 N–H and O–H groups in total. The highest BCUT2D eigenvalue weighted by atomic mass is 16.5. The van der Waals surface area contributed by atoms with Gasteiger partial charge in [0.1, 0.15) is 48.4 Å². The molecule has 20 heteroatoms. The van der Waals surface area contributed by atoms with Crippen molar-refractivity contribution >= 4 is 59.2 Å². The van der Waals surface area contributed by atoms with Crippen LogP contribution in [0.4, 0.5) is 0 Å². The van der Waals surface area contributed by atoms with Crippen LogP contribution < -0.4 is 43.0 Å². The van der Waals surface area contributed by atoms with Crippen molar-refractivity contribution in [1.82, 2.24) is 37.2 Å². The van der Waals surface area contributed by atoms with Gasteiger partial charge in [0.05, 0.1) is 12.8 Å². The molecule has 1 aliphatic rings. The van der Waals surface area contributed by atoms with Crippen LogP contribution in [0.2, 0.25) is 0 Å². The monoisotopic (exact) mass is 1010 g/mol. The predicted octanol–water partition coefficient (Wildman–Crippen LogP) is 3.81. The average molecular weight is 1010 g/mol. The number of carboxylic acids is 1. The van der Waals surface area contributed by atoms with Gasteiger partial charge in [-0.15, -0.1) is 0 Å². The van der Waals surface area contributed by atoms with Crippen molar-refractivity contribution in [2.45, 2.75) is 234 Å². The molecule has 0 spiro atoms. The summed E-state index contributed by atoms with van der Waals surface area (Å²) in [7, 11) is 0. The van der Waals surface area contributed by atoms with Crippen molar-refractivity contribution in [1.29, 1.82) is 0 Å². The van der Waals surface area contributed by atoms with E-state index in [4.69, 9.17) is 10.5 Å². The Morgan fingerprint density at radius 2 is 0.972 bits per heavy atom. The maximum absolute atomic E-state index is 14.2. The van der Waals surface area contributed by atoms with Gasteiger partial charge in [0.25, 0.3) is 0 Å². The fourth-order valence-corrected chi connectivity index (χ4v) is 8.24. The molecule has 406 valence electrons. The van der Waals surface area contributed by atoms with Gasteiger partial charge in [-0.1, -0.05) is 128 Å². The van der Waals surface area contributed by atoms with Gasteiger partial charge in [0.15, 0.2) is 0 Å². The summed E-state index contributed by atoms with van der Waals surface area (Å²) in [6, 6.07) is -9.48. The number of cyclic esters (lactones) is 1. The molecular weight excluding hydrogens is 917 g/mol. The summed E-state index contributed by atoms with van der Waals surface area (Å²) < 4.78 is 6.06. The lowest BCUT2D eigenvalue weighted by molar-refractivity contribution is -0.156. The summed E-state index contributed by atoms with van der Waals surface area (Å²) in [6.45, 7) is 19.8. The smallest absolute Gasteiger partial charge is 0.329 e. The Hall–Kier alpha value is -5.30. The number of rotatable bonds is 23. The first-order chi connectivity index (χ1) is 33.3. The van der Waals surface area contributed by atoms with E-state index in [1.165, 1.54) is 0 Å². The molecule has 0 aliphatic carbocycles. The quantitative estimate of drug-likeness (QED) is 0.0522. The number of carboxylic acid groups (broad SMARTS) is 1. The molecule has 20 nitrogen and oxygen atoms in total. The maximum Gasteiger partial charge on any atom is 0.329 e. The highest BCUT2D eigenvalue weighted by Crippen LogP contribution is 2.19. The van der Waals surface area contributed by atoms with E-state index in [0.29, 0.717) is 12.8 Å². The van der Waals surface area contributed by atoms with E-state index in [9.17, 15) is 53.1 Å². The first-order valence-corrected chi connectivity index (χ1v) is 26.1. The van der Waals surface area contributed by atoms with Crippen molar-refractivity contribution in [3.63, 3.8) is 0 Å². The van der Waals surface area contributed by atoms with Crippen LogP contribution in [0.1, 0.15) is 185 Å². The zero-order valence-corrected chi connectivity index (χ0v) is 44.5. The second kappa shape index (κ2) is 33.4. The van der Waals surface area contributed by atoms with Crippen molar-refractivity contribution < 1.29 is 57.8 Å². The van der Waals surface area contributed by atoms with Crippen LogP contribution >= 0.6 is 0 Å². The Morgan fingerprint density at radius 1 is 0.549 bits per heavy atom. The number of nitrogens with one attached hydrogen (secondary N) is 7. The lowest BCUT2D eigenvalue weighted by Crippen LogP contribution is -2.61. The Bertz CT molecular complexity index is 1760. The molecule has 71 heavy (non-hydrogen) atoms. The van der Waals surface area contributed by atoms with Gasteiger partial charge in [-0.05, 0) is 68.1 Å². The number of hydrogen-bond acceptors (Lipinski definition) is 11. The molecular formula is C51H90N8O12. The van der Waals surface area contributed by atoms with Crippen molar-refractivity contribution in [3.05, 3.63) is 0 Å². The first-order valence-electron chi connectivity index (χ1n) is 26.1. The summed E-state index contributed by atoms with van der Waals surface area (Å²) >= 11 is 0. The van der Waals surface area contributed by atoms with E-state index in [-0.39, 0.29) is 56.3 Å². The van der Waals surface area contributed by atoms with Crippen LogP contribution in [-0.2, 0) is 52.7 Å². The summed E-state index contributed by atoms with van der Waals surface area (Å²) in [5.74, 6) is -10.4. The maximum atomic E-state index is 14.2. The van der Waals surface area contributed by atoms with Gasteiger partial charge in [-0.25, -0.2) is 4.79 Å². The molecule has 9 unspecified atom stereocenters. The van der Waals surface area contributed by atoms with Gasteiger partial charge >= 0.3 is 11.9 Å². The Balaban J connectivity index is 4.00. The molecule has 1 rings (SSSR count). The fourth-order valence-electron chi connectivity index (χ4n) is 8.24. The number of carbonyl (C=O) groups excluding carboxylic acids is 9. The average Bonchev–Trinajstić information content (AvgIpc) is 3.26. The molecule has 8 amide bonds. The van der Waals surface area contributed by atoms with Gasteiger partial charge in [-0.2, -0.15) is 0 Å². The number of amides is 8. The van der Waals surface area contributed by atoms with Gasteiger partial charge in [-0.3, -0.25) is 43.2 Å². The highest BCUT2D eigenvalue weighted by Gasteiger charge is 2.38. The molecule has 0 radical (unpaired) electrons. The SMILES string of the molecule is CCCCCCCCCCC1CC(=O)NC(CCC(N)=O)C(=O)NC(CC(C)C)C(=O)NC(CC(C)C)C(=O)NC(C(C)C)C(=O)NC(CC(=O)O)C(=O)NC(CC(C)C)C(=O)NC(C(C)CC)C(=O)O1. The number of aliphatic carboxylic acids is 1. The van der Waals surface area contributed by atoms with Gasteiger partial charge in [0, 0.05) is 6.42 Å². The minimum Gasteiger partial charge on any atom is -0.481 e. The van der Waals surface area contributed by atoms with Crippen molar-refractivity contribution in [3.8, 4) is 0 Å². The molecule has 1 heterocycles. The van der Waals surface area contributed by atoms with E-state index in [0.717, 1.165) is 44.9 Å². The second-order valence-electron chi connectivity index (χ2n) is 21.0. The zero-order chi connectivity index (χ0) is 54.0. The number of esters is 1. The Morgan fingerprint density at radius 3 is 1.41 bits per heavy atom. The van der Waals surface area contributed by atoms with Crippen molar-refractivity contribution in [2.75, 3.05) is 0 Å². The summed E-state index contributed by atoms with van der Waals surface area (Å²) in [6.07, 6.45) is 5.83. The summed E-state index contributed by atoms with van der Waals surface area (Å²) in [4.78, 5) is 137. The number of ether oxygens (including phenoxy) is 1. The van der Waals surface area contributed by atoms with E-state index in [1.54, 1.807) is 41.5 Å². The molecule has 0 bridgehead atoms. The highest BCUT2D eigenvalue weighted by molar-refractivity contribution is 5.98. The molecule has 1 fully saturated rings. The topological polar surface area (TPSA) is 310 Å². The van der Waals surface area contributed by atoms with Crippen LogP contribution in [-0.4, -0.2) is 113 Å². The lowest BCUT2D eigenvalue weighted by Gasteiger charge is -2.30. The number of hydrogen-bond donors (Lipinski definition) is 9. The normalized spacial score (nSPS) is 24.7. The van der Waals surface area contributed by atoms with Crippen molar-refractivity contribution in [2.24, 2.45) is 35.3 Å². The first kappa shape index (κ1) is 63.7. The number of unbranched alkanes of at least 4 members (excludes halogenated alkanes) is 7. The predicted molar refractivity (Wildman–Crippen MR) is 269 cm³/mol. The number of nitrogens with two attached hydrogens (primary N) is 1. The van der Waals surface area contributed by atoms with E-state index < -0.39 is 132 Å². The number of primary amides is 1. The van der Waals surface area contributed by atoms with E-state index in [1.807, 2.05) is 27.7 Å². The van der Waals surface area contributed by atoms with E-state index in [2.05, 4.69) is 44.1 Å². The largest absolute Gasteiger partial charge is 0.481 e. The van der Waals surface area contributed by atoms with Crippen LogP contribution in [0.15, 0.2) is 0 Å². The van der Waals surface area contributed by atoms with Crippen LogP contribution in [0.25, 0.3) is 0 Å². The zero-order valence-electron chi connectivity index (χ0n) is 44.5. The van der Waals surface area contributed by atoms with E-state index >= 15 is 0 Å². The van der Waals surface area contributed by atoms with Gasteiger partial charge < -0.3 is 52.8 Å². The van der Waals surface area contributed by atoms with Crippen LogP contribution in [0.3, 0.4) is 0 Å². The molecule has 1 aliphatic heterocycles. The summed E-state index contributed by atoms with van der Waals surface area (Å²) in [5.41, 5.74) is 5.48. The van der Waals surface area contributed by atoms with Crippen LogP contribution in [0.5, 0.6) is 0 Å². The third-order valence-corrected chi connectivity index (χ3v) is 12.5.